The maximum absolute atomic E-state index is 10.2. The van der Waals surface area contributed by atoms with Gasteiger partial charge in [-0.25, -0.2) is 0 Å². The number of rotatable bonds is 3. The molecule has 0 radical (unpaired) electrons. The predicted octanol–water partition coefficient (Wildman–Crippen LogP) is 1.64. The molecule has 0 aliphatic carbocycles. The molecule has 1 N–H and O–H groups in total. The summed E-state index contributed by atoms with van der Waals surface area (Å²) < 4.78 is 0. The molecule has 0 amide bonds. The molecule has 1 rings (SSSR count). The Hall–Kier alpha value is -0.520. The fraction of sp³-hybridized carbons (Fsp3) is 0.833. The third-order valence-electron chi connectivity index (χ3n) is 2.98. The third-order valence-corrected chi connectivity index (χ3v) is 2.98. The molecule has 0 aromatic rings. The van der Waals surface area contributed by atoms with Crippen molar-refractivity contribution in [2.24, 2.45) is 0 Å². The van der Waals surface area contributed by atoms with E-state index >= 15 is 0 Å². The van der Waals surface area contributed by atoms with Crippen molar-refractivity contribution in [3.05, 3.63) is 0 Å². The van der Waals surface area contributed by atoms with Crippen LogP contribution in [0.25, 0.3) is 0 Å². The van der Waals surface area contributed by atoms with E-state index in [4.69, 9.17) is 6.42 Å². The van der Waals surface area contributed by atoms with Crippen molar-refractivity contribution in [2.75, 3.05) is 19.6 Å². The standard InChI is InChI=1S/C12H21NO/c1-3-6-12(14)7-5-10-13(9-4-2)11-8-12/h1,14H,4-11H2,2H3. The van der Waals surface area contributed by atoms with Gasteiger partial charge in [0.05, 0.1) is 5.60 Å². The zero-order valence-corrected chi connectivity index (χ0v) is 9.13. The lowest BCUT2D eigenvalue weighted by Crippen LogP contribution is -2.31. The fourth-order valence-corrected chi connectivity index (χ4v) is 2.14. The molecule has 0 aromatic heterocycles. The Bertz CT molecular complexity index is 209. The second-order valence-corrected chi connectivity index (χ2v) is 4.30. The predicted molar refractivity (Wildman–Crippen MR) is 59.0 cm³/mol. The van der Waals surface area contributed by atoms with Crippen molar-refractivity contribution in [3.63, 3.8) is 0 Å². The largest absolute Gasteiger partial charge is 0.389 e. The van der Waals surface area contributed by atoms with Gasteiger partial charge in [-0.1, -0.05) is 6.92 Å². The van der Waals surface area contributed by atoms with Gasteiger partial charge in [-0.3, -0.25) is 0 Å². The molecular weight excluding hydrogens is 174 g/mol. The Morgan fingerprint density at radius 3 is 2.86 bits per heavy atom. The van der Waals surface area contributed by atoms with Gasteiger partial charge in [0, 0.05) is 13.0 Å². The average Bonchev–Trinajstić information content (AvgIpc) is 2.30. The number of nitrogens with zero attached hydrogens (tertiary/aromatic N) is 1. The minimum Gasteiger partial charge on any atom is -0.389 e. The topological polar surface area (TPSA) is 23.5 Å². The first-order chi connectivity index (χ1) is 6.70. The van der Waals surface area contributed by atoms with Gasteiger partial charge in [0.25, 0.3) is 0 Å². The lowest BCUT2D eigenvalue weighted by Gasteiger charge is -2.24. The van der Waals surface area contributed by atoms with Crippen LogP contribution in [0.15, 0.2) is 0 Å². The normalized spacial score (nSPS) is 29.5. The maximum atomic E-state index is 10.2. The van der Waals surface area contributed by atoms with Gasteiger partial charge in [0.1, 0.15) is 0 Å². The van der Waals surface area contributed by atoms with Gasteiger partial charge in [0.15, 0.2) is 0 Å². The van der Waals surface area contributed by atoms with E-state index in [9.17, 15) is 5.11 Å². The summed E-state index contributed by atoms with van der Waals surface area (Å²) in [6.45, 7) is 5.44. The van der Waals surface area contributed by atoms with Crippen LogP contribution in [-0.2, 0) is 0 Å². The molecule has 1 saturated heterocycles. The number of likely N-dealkylation sites (tertiary alicyclic amines) is 1. The molecule has 0 bridgehead atoms. The van der Waals surface area contributed by atoms with Crippen LogP contribution in [0.2, 0.25) is 0 Å². The zero-order valence-electron chi connectivity index (χ0n) is 9.13. The molecule has 0 aromatic carbocycles. The van der Waals surface area contributed by atoms with Crippen molar-refractivity contribution < 1.29 is 5.11 Å². The van der Waals surface area contributed by atoms with Crippen LogP contribution in [0.4, 0.5) is 0 Å². The van der Waals surface area contributed by atoms with Crippen molar-refractivity contribution in [1.29, 1.82) is 0 Å². The Labute approximate surface area is 87.3 Å². The molecule has 2 nitrogen and oxygen atoms in total. The molecule has 80 valence electrons. The highest BCUT2D eigenvalue weighted by atomic mass is 16.3. The molecule has 1 aliphatic rings. The first-order valence-corrected chi connectivity index (χ1v) is 5.58. The van der Waals surface area contributed by atoms with Crippen LogP contribution in [0.3, 0.4) is 0 Å². The smallest absolute Gasteiger partial charge is 0.0769 e. The van der Waals surface area contributed by atoms with Crippen molar-refractivity contribution in [2.45, 2.75) is 44.6 Å². The highest BCUT2D eigenvalue weighted by Crippen LogP contribution is 2.25. The van der Waals surface area contributed by atoms with E-state index in [-0.39, 0.29) is 0 Å². The Morgan fingerprint density at radius 1 is 1.43 bits per heavy atom. The van der Waals surface area contributed by atoms with E-state index in [0.29, 0.717) is 6.42 Å². The second kappa shape index (κ2) is 5.38. The molecule has 0 saturated carbocycles. The maximum Gasteiger partial charge on any atom is 0.0769 e. The molecule has 2 heteroatoms. The summed E-state index contributed by atoms with van der Waals surface area (Å²) in [5.74, 6) is 2.58. The number of terminal acetylenes is 1. The Balaban J connectivity index is 2.44. The first-order valence-electron chi connectivity index (χ1n) is 5.58. The molecule has 1 atom stereocenters. The highest BCUT2D eigenvalue weighted by molar-refractivity contribution is 4.96. The van der Waals surface area contributed by atoms with E-state index in [1.54, 1.807) is 0 Å². The molecule has 1 aliphatic heterocycles. The summed E-state index contributed by atoms with van der Waals surface area (Å²) >= 11 is 0. The molecule has 1 unspecified atom stereocenters. The quantitative estimate of drug-likeness (QED) is 0.692. The first kappa shape index (κ1) is 11.6. The van der Waals surface area contributed by atoms with Gasteiger partial charge >= 0.3 is 0 Å². The summed E-state index contributed by atoms with van der Waals surface area (Å²) in [4.78, 5) is 2.43. The van der Waals surface area contributed by atoms with E-state index in [1.165, 1.54) is 6.42 Å². The van der Waals surface area contributed by atoms with Crippen LogP contribution in [0, 0.1) is 12.3 Å². The van der Waals surface area contributed by atoms with Crippen LogP contribution >= 0.6 is 0 Å². The number of hydrogen-bond acceptors (Lipinski definition) is 2. The van der Waals surface area contributed by atoms with Crippen LogP contribution < -0.4 is 0 Å². The van der Waals surface area contributed by atoms with Gasteiger partial charge in [-0.15, -0.1) is 12.3 Å². The van der Waals surface area contributed by atoms with Crippen LogP contribution in [0.1, 0.15) is 39.0 Å². The SMILES string of the molecule is C#CCC1(O)CCCN(CCC)CC1. The molecule has 1 heterocycles. The fourth-order valence-electron chi connectivity index (χ4n) is 2.14. The van der Waals surface area contributed by atoms with E-state index in [2.05, 4.69) is 17.7 Å². The summed E-state index contributed by atoms with van der Waals surface area (Å²) in [7, 11) is 0. The average molecular weight is 195 g/mol. The number of hydrogen-bond donors (Lipinski definition) is 1. The van der Waals surface area contributed by atoms with Crippen molar-refractivity contribution >= 4 is 0 Å². The van der Waals surface area contributed by atoms with E-state index in [0.717, 1.165) is 38.9 Å². The lowest BCUT2D eigenvalue weighted by atomic mass is 9.92. The lowest BCUT2D eigenvalue weighted by molar-refractivity contribution is 0.0305. The molecular formula is C12H21NO. The summed E-state index contributed by atoms with van der Waals surface area (Å²) in [6.07, 6.45) is 9.72. The van der Waals surface area contributed by atoms with E-state index < -0.39 is 5.60 Å². The van der Waals surface area contributed by atoms with Gasteiger partial charge in [-0.2, -0.15) is 0 Å². The molecule has 0 spiro atoms. The minimum atomic E-state index is -0.586. The van der Waals surface area contributed by atoms with Crippen LogP contribution in [0.5, 0.6) is 0 Å². The monoisotopic (exact) mass is 195 g/mol. The van der Waals surface area contributed by atoms with Crippen molar-refractivity contribution in [3.8, 4) is 12.3 Å². The summed E-state index contributed by atoms with van der Waals surface area (Å²) in [5, 5.41) is 10.2. The minimum absolute atomic E-state index is 0.507. The van der Waals surface area contributed by atoms with Crippen LogP contribution in [-0.4, -0.2) is 35.2 Å². The second-order valence-electron chi connectivity index (χ2n) is 4.30. The Morgan fingerprint density at radius 2 is 2.21 bits per heavy atom. The van der Waals surface area contributed by atoms with Gasteiger partial charge < -0.3 is 10.0 Å². The zero-order chi connectivity index (χ0) is 10.4. The van der Waals surface area contributed by atoms with Gasteiger partial charge in [0.2, 0.25) is 0 Å². The third kappa shape index (κ3) is 3.32. The molecule has 1 fully saturated rings. The molecule has 14 heavy (non-hydrogen) atoms. The highest BCUT2D eigenvalue weighted by Gasteiger charge is 2.28. The summed E-state index contributed by atoms with van der Waals surface area (Å²) in [6, 6.07) is 0. The summed E-state index contributed by atoms with van der Waals surface area (Å²) in [5.41, 5.74) is -0.586. The van der Waals surface area contributed by atoms with E-state index in [1.807, 2.05) is 0 Å². The van der Waals surface area contributed by atoms with Gasteiger partial charge in [-0.05, 0) is 38.8 Å². The van der Waals surface area contributed by atoms with Crippen molar-refractivity contribution in [1.82, 2.24) is 4.90 Å². The Kier molecular flexibility index (Phi) is 4.44. The number of aliphatic hydroxyl groups is 1.